The molecule has 72 valence electrons. The average molecular weight is 205 g/mol. The Bertz CT molecular complexity index is 368. The predicted octanol–water partition coefficient (Wildman–Crippen LogP) is -0.121. The van der Waals surface area contributed by atoms with Gasteiger partial charge >= 0.3 is 11.7 Å². The lowest BCUT2D eigenvalue weighted by Crippen LogP contribution is -2.28. The lowest BCUT2D eigenvalue weighted by atomic mass is 10.4. The molecule has 6 heteroatoms. The largest absolute Gasteiger partial charge is 0.480 e. The van der Waals surface area contributed by atoms with Crippen molar-refractivity contribution in [3.8, 4) is 0 Å². The van der Waals surface area contributed by atoms with Gasteiger partial charge in [-0.2, -0.15) is 0 Å². The molecule has 0 amide bonds. The van der Waals surface area contributed by atoms with Gasteiger partial charge in [-0.05, 0) is 0 Å². The van der Waals surface area contributed by atoms with Crippen molar-refractivity contribution in [1.29, 1.82) is 0 Å². The molecule has 5 nitrogen and oxygen atoms in total. The van der Waals surface area contributed by atoms with E-state index in [2.05, 4.69) is 0 Å². The molecule has 0 spiro atoms. The Labute approximate surface area is 79.2 Å². The summed E-state index contributed by atoms with van der Waals surface area (Å²) in [6.07, 6.45) is 3.05. The van der Waals surface area contributed by atoms with E-state index in [4.69, 9.17) is 16.7 Å². The Kier molecular flexibility index (Phi) is 2.77. The third-order valence-corrected chi connectivity index (χ3v) is 1.97. The van der Waals surface area contributed by atoms with Crippen LogP contribution in [0.15, 0.2) is 17.2 Å². The maximum atomic E-state index is 11.2. The fraction of sp³-hybridized carbons (Fsp3) is 0.429. The summed E-state index contributed by atoms with van der Waals surface area (Å²) < 4.78 is 2.61. The van der Waals surface area contributed by atoms with Crippen LogP contribution in [0.25, 0.3) is 0 Å². The quantitative estimate of drug-likeness (QED) is 0.699. The number of aryl methyl sites for hydroxylation is 1. The first-order valence-corrected chi connectivity index (χ1v) is 4.04. The van der Waals surface area contributed by atoms with Gasteiger partial charge in [-0.15, -0.1) is 11.6 Å². The molecule has 1 heterocycles. The average Bonchev–Trinajstić information content (AvgIpc) is 2.36. The number of alkyl halides is 1. The van der Waals surface area contributed by atoms with Gasteiger partial charge in [-0.1, -0.05) is 0 Å². The molecule has 1 N–H and O–H groups in total. The zero-order chi connectivity index (χ0) is 10.0. The van der Waals surface area contributed by atoms with Crippen LogP contribution in [0.5, 0.6) is 0 Å². The number of imidazole rings is 1. The monoisotopic (exact) mass is 204 g/mol. The summed E-state index contributed by atoms with van der Waals surface area (Å²) >= 11 is 5.46. The van der Waals surface area contributed by atoms with Crippen molar-refractivity contribution in [2.45, 2.75) is 11.9 Å². The van der Waals surface area contributed by atoms with Crippen LogP contribution in [0, 0.1) is 0 Å². The number of rotatable bonds is 3. The van der Waals surface area contributed by atoms with E-state index in [0.29, 0.717) is 0 Å². The van der Waals surface area contributed by atoms with E-state index in [1.807, 2.05) is 0 Å². The van der Waals surface area contributed by atoms with Gasteiger partial charge < -0.3 is 9.67 Å². The number of carbonyl (C=O) groups is 1. The summed E-state index contributed by atoms with van der Waals surface area (Å²) in [6.45, 7) is -0.0173. The summed E-state index contributed by atoms with van der Waals surface area (Å²) in [5.41, 5.74) is -0.271. The second-order valence-electron chi connectivity index (χ2n) is 2.65. The normalized spacial score (nSPS) is 12.8. The maximum absolute atomic E-state index is 11.2. The van der Waals surface area contributed by atoms with Crippen molar-refractivity contribution in [1.82, 2.24) is 9.13 Å². The minimum Gasteiger partial charge on any atom is -0.480 e. The Hall–Kier alpha value is -1.23. The third kappa shape index (κ3) is 2.12. The van der Waals surface area contributed by atoms with Crippen LogP contribution in [0.2, 0.25) is 0 Å². The first-order chi connectivity index (χ1) is 6.02. The van der Waals surface area contributed by atoms with Crippen LogP contribution < -0.4 is 5.69 Å². The summed E-state index contributed by atoms with van der Waals surface area (Å²) in [4.78, 5) is 21.6. The minimum absolute atomic E-state index is 0.0173. The maximum Gasteiger partial charge on any atom is 0.327 e. The van der Waals surface area contributed by atoms with Crippen molar-refractivity contribution in [2.24, 2.45) is 7.05 Å². The van der Waals surface area contributed by atoms with E-state index < -0.39 is 11.3 Å². The molecule has 0 saturated heterocycles. The fourth-order valence-electron chi connectivity index (χ4n) is 0.900. The summed E-state index contributed by atoms with van der Waals surface area (Å²) in [5, 5.41) is 7.42. The van der Waals surface area contributed by atoms with Crippen molar-refractivity contribution < 1.29 is 9.90 Å². The number of hydrogen-bond acceptors (Lipinski definition) is 2. The number of carboxylic acids is 1. The standard InChI is InChI=1S/C7H9ClN2O3/c1-9-2-3-10(7(9)13)4-5(8)6(11)12/h2-3,5H,4H2,1H3,(H,11,12). The second kappa shape index (κ2) is 3.66. The van der Waals surface area contributed by atoms with E-state index in [1.165, 1.54) is 15.3 Å². The zero-order valence-corrected chi connectivity index (χ0v) is 7.73. The number of hydrogen-bond donors (Lipinski definition) is 1. The number of aliphatic carboxylic acids is 1. The van der Waals surface area contributed by atoms with E-state index >= 15 is 0 Å². The highest BCUT2D eigenvalue weighted by Crippen LogP contribution is 1.98. The smallest absolute Gasteiger partial charge is 0.327 e. The molecule has 0 aromatic carbocycles. The van der Waals surface area contributed by atoms with Gasteiger partial charge in [-0.3, -0.25) is 9.36 Å². The van der Waals surface area contributed by atoms with Crippen LogP contribution in [-0.4, -0.2) is 25.6 Å². The number of aromatic nitrogens is 2. The van der Waals surface area contributed by atoms with E-state index in [0.717, 1.165) is 0 Å². The molecular formula is C7H9ClN2O3. The van der Waals surface area contributed by atoms with E-state index in [9.17, 15) is 9.59 Å². The van der Waals surface area contributed by atoms with Gasteiger partial charge in [0.05, 0.1) is 6.54 Å². The molecule has 1 unspecified atom stereocenters. The van der Waals surface area contributed by atoms with Gasteiger partial charge in [0, 0.05) is 19.4 Å². The zero-order valence-electron chi connectivity index (χ0n) is 6.98. The van der Waals surface area contributed by atoms with Crippen LogP contribution in [0.1, 0.15) is 0 Å². The number of nitrogens with zero attached hydrogens (tertiary/aromatic N) is 2. The van der Waals surface area contributed by atoms with Crippen molar-refractivity contribution in [3.63, 3.8) is 0 Å². The molecule has 0 aliphatic heterocycles. The molecule has 13 heavy (non-hydrogen) atoms. The second-order valence-corrected chi connectivity index (χ2v) is 3.18. The first kappa shape index (κ1) is 9.85. The molecule has 0 saturated carbocycles. The van der Waals surface area contributed by atoms with Crippen molar-refractivity contribution in [3.05, 3.63) is 22.9 Å². The molecule has 0 radical (unpaired) electrons. The fourth-order valence-corrected chi connectivity index (χ4v) is 1.05. The predicted molar refractivity (Wildman–Crippen MR) is 46.9 cm³/mol. The van der Waals surface area contributed by atoms with Crippen LogP contribution in [0.4, 0.5) is 0 Å². The van der Waals surface area contributed by atoms with Crippen LogP contribution in [0.3, 0.4) is 0 Å². The molecule has 0 bridgehead atoms. The van der Waals surface area contributed by atoms with Gasteiger partial charge in [-0.25, -0.2) is 4.79 Å². The van der Waals surface area contributed by atoms with Crippen molar-refractivity contribution >= 4 is 17.6 Å². The molecule has 1 rings (SSSR count). The lowest BCUT2D eigenvalue weighted by molar-refractivity contribution is -0.136. The summed E-state index contributed by atoms with van der Waals surface area (Å²) in [6, 6.07) is 0. The van der Waals surface area contributed by atoms with Crippen LogP contribution in [-0.2, 0) is 18.4 Å². The Morgan fingerprint density at radius 3 is 2.69 bits per heavy atom. The number of halogens is 1. The minimum atomic E-state index is -1.13. The molecule has 1 atom stereocenters. The van der Waals surface area contributed by atoms with Gasteiger partial charge in [0.15, 0.2) is 0 Å². The van der Waals surface area contributed by atoms with Gasteiger partial charge in [0.1, 0.15) is 5.38 Å². The topological polar surface area (TPSA) is 64.2 Å². The first-order valence-electron chi connectivity index (χ1n) is 3.61. The SMILES string of the molecule is Cn1ccn(CC(Cl)C(=O)O)c1=O. The summed E-state index contributed by atoms with van der Waals surface area (Å²) in [5.74, 6) is -1.13. The molecule has 1 aromatic heterocycles. The third-order valence-electron chi connectivity index (χ3n) is 1.64. The number of carboxylic acid groups (broad SMARTS) is 1. The highest BCUT2D eigenvalue weighted by Gasteiger charge is 2.15. The molecule has 1 aromatic rings. The van der Waals surface area contributed by atoms with E-state index in [-0.39, 0.29) is 12.2 Å². The Morgan fingerprint density at radius 2 is 2.31 bits per heavy atom. The highest BCUT2D eigenvalue weighted by molar-refractivity contribution is 6.29. The highest BCUT2D eigenvalue weighted by atomic mass is 35.5. The Balaban J connectivity index is 2.81. The molecular weight excluding hydrogens is 196 g/mol. The molecule has 0 aliphatic carbocycles. The molecule has 0 aliphatic rings. The van der Waals surface area contributed by atoms with Crippen LogP contribution >= 0.6 is 11.6 Å². The van der Waals surface area contributed by atoms with Gasteiger partial charge in [0.25, 0.3) is 0 Å². The summed E-state index contributed by atoms with van der Waals surface area (Å²) in [7, 11) is 1.59. The molecule has 0 fully saturated rings. The van der Waals surface area contributed by atoms with E-state index in [1.54, 1.807) is 13.2 Å². The van der Waals surface area contributed by atoms with Crippen molar-refractivity contribution in [2.75, 3.05) is 0 Å². The van der Waals surface area contributed by atoms with Gasteiger partial charge in [0.2, 0.25) is 0 Å². The Morgan fingerprint density at radius 1 is 1.69 bits per heavy atom. The lowest BCUT2D eigenvalue weighted by Gasteiger charge is -2.03.